The number of hydrogen-bond acceptors (Lipinski definition) is 4. The average Bonchev–Trinajstić information content (AvgIpc) is 2.73. The maximum absolute atomic E-state index is 12.5. The molecular formula is C22H23N3O4. The van der Waals surface area contributed by atoms with Gasteiger partial charge in [-0.05, 0) is 43.7 Å². The second-order valence-electron chi connectivity index (χ2n) is 6.53. The molecule has 0 aliphatic carbocycles. The van der Waals surface area contributed by atoms with Crippen LogP contribution < -0.4 is 21.2 Å². The predicted octanol–water partition coefficient (Wildman–Crippen LogP) is 2.28. The van der Waals surface area contributed by atoms with Gasteiger partial charge < -0.3 is 10.1 Å². The normalized spacial score (nSPS) is 11.7. The van der Waals surface area contributed by atoms with E-state index in [1.807, 2.05) is 44.2 Å². The fraction of sp³-hybridized carbons (Fsp3) is 0.227. The zero-order valence-electron chi connectivity index (χ0n) is 16.4. The van der Waals surface area contributed by atoms with Crippen molar-refractivity contribution in [3.8, 4) is 11.4 Å². The van der Waals surface area contributed by atoms with Crippen LogP contribution in [-0.2, 0) is 11.3 Å². The molecule has 7 heteroatoms. The SMILES string of the molecule is CCOc1ccc(-n2ccn(CC(=O)N[C@@H](C)c3ccccc3)c(=O)c2=O)cc1. The monoisotopic (exact) mass is 393 g/mol. The van der Waals surface area contributed by atoms with E-state index in [1.165, 1.54) is 17.0 Å². The third kappa shape index (κ3) is 4.82. The van der Waals surface area contributed by atoms with E-state index in [4.69, 9.17) is 4.74 Å². The van der Waals surface area contributed by atoms with Crippen molar-refractivity contribution in [2.45, 2.75) is 26.4 Å². The molecule has 3 aromatic rings. The first-order valence-corrected chi connectivity index (χ1v) is 9.39. The second kappa shape index (κ2) is 9.05. The third-order valence-corrected chi connectivity index (χ3v) is 4.48. The molecule has 0 fully saturated rings. The molecule has 150 valence electrons. The van der Waals surface area contributed by atoms with Crippen LogP contribution in [0.1, 0.15) is 25.5 Å². The summed E-state index contributed by atoms with van der Waals surface area (Å²) < 4.78 is 7.74. The van der Waals surface area contributed by atoms with Crippen molar-refractivity contribution in [1.82, 2.24) is 14.5 Å². The van der Waals surface area contributed by atoms with Crippen molar-refractivity contribution < 1.29 is 9.53 Å². The lowest BCUT2D eigenvalue weighted by Crippen LogP contribution is -2.42. The molecule has 0 saturated heterocycles. The molecule has 0 spiro atoms. The van der Waals surface area contributed by atoms with Gasteiger partial charge in [-0.2, -0.15) is 0 Å². The number of nitrogens with one attached hydrogen (secondary N) is 1. The van der Waals surface area contributed by atoms with Crippen LogP contribution in [0.4, 0.5) is 0 Å². The zero-order valence-corrected chi connectivity index (χ0v) is 16.4. The Morgan fingerprint density at radius 1 is 1.00 bits per heavy atom. The quantitative estimate of drug-likeness (QED) is 0.625. The van der Waals surface area contributed by atoms with Crippen molar-refractivity contribution in [2.24, 2.45) is 0 Å². The summed E-state index contributed by atoms with van der Waals surface area (Å²) in [5, 5.41) is 2.83. The minimum absolute atomic E-state index is 0.205. The Kier molecular flexibility index (Phi) is 6.29. The summed E-state index contributed by atoms with van der Waals surface area (Å²) >= 11 is 0. The molecule has 1 atom stereocenters. The van der Waals surface area contributed by atoms with Gasteiger partial charge in [-0.15, -0.1) is 0 Å². The van der Waals surface area contributed by atoms with Crippen molar-refractivity contribution in [1.29, 1.82) is 0 Å². The number of aromatic nitrogens is 2. The van der Waals surface area contributed by atoms with Crippen LogP contribution in [0.5, 0.6) is 5.75 Å². The summed E-state index contributed by atoms with van der Waals surface area (Å²) in [6, 6.07) is 16.2. The Morgan fingerprint density at radius 3 is 2.34 bits per heavy atom. The van der Waals surface area contributed by atoms with Gasteiger partial charge in [0, 0.05) is 18.1 Å². The number of nitrogens with zero attached hydrogens (tertiary/aromatic N) is 2. The molecule has 1 heterocycles. The number of carbonyl (C=O) groups is 1. The van der Waals surface area contributed by atoms with E-state index in [-0.39, 0.29) is 18.5 Å². The molecule has 1 aromatic heterocycles. The van der Waals surface area contributed by atoms with Crippen LogP contribution in [0.2, 0.25) is 0 Å². The van der Waals surface area contributed by atoms with Gasteiger partial charge in [-0.25, -0.2) is 0 Å². The van der Waals surface area contributed by atoms with Gasteiger partial charge in [0.25, 0.3) is 0 Å². The van der Waals surface area contributed by atoms with E-state index < -0.39 is 11.1 Å². The molecule has 0 aliphatic heterocycles. The van der Waals surface area contributed by atoms with Crippen molar-refractivity contribution >= 4 is 5.91 Å². The molecule has 0 radical (unpaired) electrons. The summed E-state index contributed by atoms with van der Waals surface area (Å²) in [5.41, 5.74) is 0.0217. The first kappa shape index (κ1) is 20.1. The Labute approximate surface area is 168 Å². The summed E-state index contributed by atoms with van der Waals surface area (Å²) in [7, 11) is 0. The second-order valence-corrected chi connectivity index (χ2v) is 6.53. The van der Waals surface area contributed by atoms with Crippen LogP contribution in [0.15, 0.2) is 76.6 Å². The van der Waals surface area contributed by atoms with Gasteiger partial charge in [0.2, 0.25) is 5.91 Å². The van der Waals surface area contributed by atoms with Crippen molar-refractivity contribution in [3.05, 3.63) is 93.3 Å². The van der Waals surface area contributed by atoms with Gasteiger partial charge >= 0.3 is 11.1 Å². The maximum atomic E-state index is 12.5. The van der Waals surface area contributed by atoms with Gasteiger partial charge in [0.15, 0.2) is 0 Å². The molecule has 0 saturated carbocycles. The molecular weight excluding hydrogens is 370 g/mol. The third-order valence-electron chi connectivity index (χ3n) is 4.48. The first-order chi connectivity index (χ1) is 14.0. The van der Waals surface area contributed by atoms with Crippen molar-refractivity contribution in [2.75, 3.05) is 6.61 Å². The minimum Gasteiger partial charge on any atom is -0.494 e. The number of hydrogen-bond donors (Lipinski definition) is 1. The largest absolute Gasteiger partial charge is 0.494 e. The topological polar surface area (TPSA) is 82.3 Å². The standard InChI is InChI=1S/C22H23N3O4/c1-3-29-19-11-9-18(10-12-19)25-14-13-24(21(27)22(25)28)15-20(26)23-16(2)17-7-5-4-6-8-17/h4-14,16H,3,15H2,1-2H3,(H,23,26)/t16-/m0/s1. The number of benzene rings is 2. The highest BCUT2D eigenvalue weighted by Gasteiger charge is 2.13. The fourth-order valence-electron chi connectivity index (χ4n) is 2.97. The molecule has 7 nitrogen and oxygen atoms in total. The van der Waals surface area contributed by atoms with E-state index >= 15 is 0 Å². The summed E-state index contributed by atoms with van der Waals surface area (Å²) in [6.45, 7) is 4.06. The van der Waals surface area contributed by atoms with E-state index in [1.54, 1.807) is 24.3 Å². The van der Waals surface area contributed by atoms with E-state index in [9.17, 15) is 14.4 Å². The van der Waals surface area contributed by atoms with Gasteiger partial charge in [-0.3, -0.25) is 23.5 Å². The summed E-state index contributed by atoms with van der Waals surface area (Å²) in [6.07, 6.45) is 2.92. The van der Waals surface area contributed by atoms with Crippen LogP contribution >= 0.6 is 0 Å². The first-order valence-electron chi connectivity index (χ1n) is 9.39. The van der Waals surface area contributed by atoms with Crippen LogP contribution in [-0.4, -0.2) is 21.6 Å². The van der Waals surface area contributed by atoms with E-state index in [0.29, 0.717) is 18.0 Å². The number of ether oxygens (including phenoxy) is 1. The molecule has 0 bridgehead atoms. The van der Waals surface area contributed by atoms with E-state index in [0.717, 1.165) is 10.1 Å². The Hall–Kier alpha value is -3.61. The smallest absolute Gasteiger partial charge is 0.320 e. The summed E-state index contributed by atoms with van der Waals surface area (Å²) in [5.74, 6) is 0.337. The molecule has 1 amide bonds. The Bertz CT molecular complexity index is 1090. The highest BCUT2D eigenvalue weighted by Crippen LogP contribution is 2.14. The highest BCUT2D eigenvalue weighted by molar-refractivity contribution is 5.76. The van der Waals surface area contributed by atoms with Crippen LogP contribution in [0, 0.1) is 0 Å². The van der Waals surface area contributed by atoms with E-state index in [2.05, 4.69) is 5.32 Å². The number of carbonyl (C=O) groups excluding carboxylic acids is 1. The molecule has 0 unspecified atom stereocenters. The fourth-order valence-corrected chi connectivity index (χ4v) is 2.97. The Balaban J connectivity index is 1.74. The minimum atomic E-state index is -0.760. The molecule has 2 aromatic carbocycles. The molecule has 0 aliphatic rings. The number of rotatable bonds is 7. The molecule has 3 rings (SSSR count). The van der Waals surface area contributed by atoms with Crippen LogP contribution in [0.3, 0.4) is 0 Å². The Morgan fingerprint density at radius 2 is 1.69 bits per heavy atom. The van der Waals surface area contributed by atoms with Gasteiger partial charge in [-0.1, -0.05) is 30.3 Å². The lowest BCUT2D eigenvalue weighted by atomic mass is 10.1. The van der Waals surface area contributed by atoms with Gasteiger partial charge in [0.05, 0.1) is 12.6 Å². The number of amides is 1. The lowest BCUT2D eigenvalue weighted by Gasteiger charge is -2.15. The zero-order chi connectivity index (χ0) is 20.8. The maximum Gasteiger partial charge on any atom is 0.320 e. The molecule has 1 N–H and O–H groups in total. The van der Waals surface area contributed by atoms with Crippen LogP contribution in [0.25, 0.3) is 5.69 Å². The lowest BCUT2D eigenvalue weighted by molar-refractivity contribution is -0.122. The van der Waals surface area contributed by atoms with Gasteiger partial charge in [0.1, 0.15) is 12.3 Å². The highest BCUT2D eigenvalue weighted by atomic mass is 16.5. The summed E-state index contributed by atoms with van der Waals surface area (Å²) in [4.78, 5) is 37.3. The average molecular weight is 393 g/mol. The predicted molar refractivity (Wildman–Crippen MR) is 110 cm³/mol. The van der Waals surface area contributed by atoms with Crippen molar-refractivity contribution in [3.63, 3.8) is 0 Å². The molecule has 29 heavy (non-hydrogen) atoms.